The van der Waals surface area contributed by atoms with E-state index in [1.54, 1.807) is 13.2 Å². The van der Waals surface area contributed by atoms with Crippen molar-refractivity contribution < 1.29 is 19.7 Å². The SMILES string of the molecule is CN(CCc1ccccn1)C(=O)OC(CO)CO. The van der Waals surface area contributed by atoms with Crippen molar-refractivity contribution in [2.75, 3.05) is 26.8 Å². The third-order valence-corrected chi connectivity index (χ3v) is 2.42. The van der Waals surface area contributed by atoms with Crippen LogP contribution in [-0.2, 0) is 11.2 Å². The first kappa shape index (κ1) is 14.4. The maximum absolute atomic E-state index is 11.6. The van der Waals surface area contributed by atoms with Crippen LogP contribution in [0.25, 0.3) is 0 Å². The Morgan fingerprint density at radius 2 is 2.17 bits per heavy atom. The van der Waals surface area contributed by atoms with E-state index >= 15 is 0 Å². The van der Waals surface area contributed by atoms with Crippen LogP contribution in [0.4, 0.5) is 4.79 Å². The number of ether oxygens (including phenoxy) is 1. The predicted molar refractivity (Wildman–Crippen MR) is 65.0 cm³/mol. The summed E-state index contributed by atoms with van der Waals surface area (Å²) in [5.74, 6) is 0. The quantitative estimate of drug-likeness (QED) is 0.749. The number of amides is 1. The maximum Gasteiger partial charge on any atom is 0.409 e. The molecule has 1 amide bonds. The van der Waals surface area contributed by atoms with Gasteiger partial charge in [-0.3, -0.25) is 4.98 Å². The molecular formula is C12H18N2O4. The van der Waals surface area contributed by atoms with Gasteiger partial charge in [0.1, 0.15) is 6.10 Å². The molecule has 0 atom stereocenters. The van der Waals surface area contributed by atoms with Gasteiger partial charge in [-0.05, 0) is 12.1 Å². The molecule has 1 aromatic heterocycles. The van der Waals surface area contributed by atoms with Crippen molar-refractivity contribution in [1.29, 1.82) is 0 Å². The highest BCUT2D eigenvalue weighted by molar-refractivity contribution is 5.67. The molecule has 0 saturated carbocycles. The lowest BCUT2D eigenvalue weighted by Gasteiger charge is -2.20. The van der Waals surface area contributed by atoms with Crippen molar-refractivity contribution in [2.45, 2.75) is 12.5 Å². The third-order valence-electron chi connectivity index (χ3n) is 2.42. The van der Waals surface area contributed by atoms with Gasteiger partial charge in [0, 0.05) is 31.9 Å². The van der Waals surface area contributed by atoms with Crippen LogP contribution in [-0.4, -0.2) is 59.1 Å². The number of rotatable bonds is 6. The average molecular weight is 254 g/mol. The molecule has 2 N–H and O–H groups in total. The van der Waals surface area contributed by atoms with Crippen LogP contribution in [0.3, 0.4) is 0 Å². The van der Waals surface area contributed by atoms with Gasteiger partial charge in [-0.25, -0.2) is 4.79 Å². The molecule has 18 heavy (non-hydrogen) atoms. The van der Waals surface area contributed by atoms with E-state index in [4.69, 9.17) is 14.9 Å². The Kier molecular flexibility index (Phi) is 6.10. The van der Waals surface area contributed by atoms with Gasteiger partial charge < -0.3 is 19.8 Å². The minimum Gasteiger partial charge on any atom is -0.441 e. The fourth-order valence-electron chi connectivity index (χ4n) is 1.28. The Balaban J connectivity index is 2.36. The summed E-state index contributed by atoms with van der Waals surface area (Å²) in [5.41, 5.74) is 0.887. The molecule has 1 heterocycles. The van der Waals surface area contributed by atoms with E-state index in [9.17, 15) is 4.79 Å². The highest BCUT2D eigenvalue weighted by Gasteiger charge is 2.16. The Hall–Kier alpha value is -1.66. The Morgan fingerprint density at radius 1 is 1.44 bits per heavy atom. The summed E-state index contributed by atoms with van der Waals surface area (Å²) in [6.07, 6.45) is 0.880. The lowest BCUT2D eigenvalue weighted by Crippen LogP contribution is -2.35. The lowest BCUT2D eigenvalue weighted by atomic mass is 10.2. The van der Waals surface area contributed by atoms with Gasteiger partial charge >= 0.3 is 6.09 Å². The number of likely N-dealkylation sites (N-methyl/N-ethyl adjacent to an activating group) is 1. The number of aromatic nitrogens is 1. The van der Waals surface area contributed by atoms with Gasteiger partial charge in [0.2, 0.25) is 0 Å². The number of hydrogen-bond acceptors (Lipinski definition) is 5. The zero-order valence-corrected chi connectivity index (χ0v) is 10.3. The molecule has 0 fully saturated rings. The summed E-state index contributed by atoms with van der Waals surface area (Å²) >= 11 is 0. The Labute approximate surface area is 106 Å². The largest absolute Gasteiger partial charge is 0.441 e. The molecule has 0 unspecified atom stereocenters. The van der Waals surface area contributed by atoms with Crippen molar-refractivity contribution >= 4 is 6.09 Å². The number of carbonyl (C=O) groups excluding carboxylic acids is 1. The normalized spacial score (nSPS) is 10.4. The monoisotopic (exact) mass is 254 g/mol. The van der Waals surface area contributed by atoms with E-state index < -0.39 is 25.4 Å². The van der Waals surface area contributed by atoms with Crippen LogP contribution in [0.5, 0.6) is 0 Å². The van der Waals surface area contributed by atoms with Gasteiger partial charge in [-0.2, -0.15) is 0 Å². The first-order valence-corrected chi connectivity index (χ1v) is 5.70. The number of hydrogen-bond donors (Lipinski definition) is 2. The summed E-state index contributed by atoms with van der Waals surface area (Å²) in [5, 5.41) is 17.6. The molecule has 0 aliphatic heterocycles. The predicted octanol–water partition coefficient (Wildman–Crippen LogP) is 0.0457. The van der Waals surface area contributed by atoms with Crippen LogP contribution in [0.2, 0.25) is 0 Å². The number of aliphatic hydroxyl groups excluding tert-OH is 2. The van der Waals surface area contributed by atoms with Crippen LogP contribution < -0.4 is 0 Å². The molecule has 100 valence electrons. The zero-order chi connectivity index (χ0) is 13.4. The standard InChI is InChI=1S/C12H18N2O4/c1-14(12(17)18-11(8-15)9-16)7-5-10-4-2-3-6-13-10/h2-4,6,11,15-16H,5,7-9H2,1H3. The first-order valence-electron chi connectivity index (χ1n) is 5.70. The van der Waals surface area contributed by atoms with E-state index in [1.165, 1.54) is 4.90 Å². The van der Waals surface area contributed by atoms with Gasteiger partial charge in [0.25, 0.3) is 0 Å². The number of aliphatic hydroxyl groups is 2. The average Bonchev–Trinajstić information content (AvgIpc) is 2.42. The van der Waals surface area contributed by atoms with E-state index in [1.807, 2.05) is 18.2 Å². The minimum atomic E-state index is -0.866. The third kappa shape index (κ3) is 4.68. The highest BCUT2D eigenvalue weighted by atomic mass is 16.6. The van der Waals surface area contributed by atoms with Crippen molar-refractivity contribution in [3.05, 3.63) is 30.1 Å². The van der Waals surface area contributed by atoms with Crippen LogP contribution in [0.1, 0.15) is 5.69 Å². The summed E-state index contributed by atoms with van der Waals surface area (Å²) < 4.78 is 4.87. The van der Waals surface area contributed by atoms with E-state index in [2.05, 4.69) is 4.98 Å². The van der Waals surface area contributed by atoms with E-state index in [-0.39, 0.29) is 0 Å². The number of pyridine rings is 1. The van der Waals surface area contributed by atoms with Crippen molar-refractivity contribution in [3.8, 4) is 0 Å². The molecule has 0 aliphatic carbocycles. The minimum absolute atomic E-state index is 0.393. The van der Waals surface area contributed by atoms with Crippen LogP contribution in [0, 0.1) is 0 Å². The molecule has 1 rings (SSSR count). The van der Waals surface area contributed by atoms with Gasteiger partial charge in [-0.15, -0.1) is 0 Å². The molecule has 6 nitrogen and oxygen atoms in total. The van der Waals surface area contributed by atoms with Gasteiger partial charge in [0.05, 0.1) is 13.2 Å². The smallest absolute Gasteiger partial charge is 0.409 e. The molecule has 6 heteroatoms. The highest BCUT2D eigenvalue weighted by Crippen LogP contribution is 2.00. The molecule has 0 radical (unpaired) electrons. The summed E-state index contributed by atoms with van der Waals surface area (Å²) in [4.78, 5) is 17.1. The number of carbonyl (C=O) groups is 1. The fourth-order valence-corrected chi connectivity index (χ4v) is 1.28. The molecule has 1 aromatic rings. The Morgan fingerprint density at radius 3 is 2.72 bits per heavy atom. The van der Waals surface area contributed by atoms with E-state index in [0.29, 0.717) is 13.0 Å². The molecule has 0 aromatic carbocycles. The van der Waals surface area contributed by atoms with Gasteiger partial charge in [0.15, 0.2) is 0 Å². The lowest BCUT2D eigenvalue weighted by molar-refractivity contribution is 0.00799. The van der Waals surface area contributed by atoms with E-state index in [0.717, 1.165) is 5.69 Å². The first-order chi connectivity index (χ1) is 8.67. The topological polar surface area (TPSA) is 82.9 Å². The molecule has 0 spiro atoms. The van der Waals surface area contributed by atoms with Crippen molar-refractivity contribution in [1.82, 2.24) is 9.88 Å². The molecule has 0 aliphatic rings. The second kappa shape index (κ2) is 7.62. The summed E-state index contributed by atoms with van der Waals surface area (Å²) in [7, 11) is 1.59. The molecular weight excluding hydrogens is 236 g/mol. The molecule has 0 saturated heterocycles. The number of nitrogens with zero attached hydrogens (tertiary/aromatic N) is 2. The Bertz CT molecular complexity index is 354. The fraction of sp³-hybridized carbons (Fsp3) is 0.500. The molecule has 0 bridgehead atoms. The second-order valence-electron chi connectivity index (χ2n) is 3.86. The van der Waals surface area contributed by atoms with Crippen LogP contribution in [0.15, 0.2) is 24.4 Å². The zero-order valence-electron chi connectivity index (χ0n) is 10.3. The second-order valence-corrected chi connectivity index (χ2v) is 3.86. The van der Waals surface area contributed by atoms with Gasteiger partial charge in [-0.1, -0.05) is 6.07 Å². The van der Waals surface area contributed by atoms with Crippen molar-refractivity contribution in [3.63, 3.8) is 0 Å². The summed E-state index contributed by atoms with van der Waals surface area (Å²) in [6.45, 7) is -0.327. The van der Waals surface area contributed by atoms with Crippen LogP contribution >= 0.6 is 0 Å². The van der Waals surface area contributed by atoms with Crippen molar-refractivity contribution in [2.24, 2.45) is 0 Å². The summed E-state index contributed by atoms with van der Waals surface area (Å²) in [6, 6.07) is 5.59. The maximum atomic E-state index is 11.6.